The summed E-state index contributed by atoms with van der Waals surface area (Å²) >= 11 is 1.57. The van der Waals surface area contributed by atoms with Crippen molar-refractivity contribution < 1.29 is 19.1 Å². The molecule has 1 N–H and O–H groups in total. The average Bonchev–Trinajstić information content (AvgIpc) is 2.63. The first-order valence-corrected chi connectivity index (χ1v) is 9.61. The molecule has 0 aromatic heterocycles. The number of aryl methyl sites for hydroxylation is 2. The Bertz CT molecular complexity index is 848. The van der Waals surface area contributed by atoms with Crippen LogP contribution in [-0.4, -0.2) is 30.0 Å². The zero-order valence-corrected chi connectivity index (χ0v) is 16.5. The summed E-state index contributed by atoms with van der Waals surface area (Å²) in [5.41, 5.74) is 3.28. The summed E-state index contributed by atoms with van der Waals surface area (Å²) in [6, 6.07) is 12.9. The molecule has 0 fully saturated rings. The summed E-state index contributed by atoms with van der Waals surface area (Å²) in [6.07, 6.45) is 0.217. The van der Waals surface area contributed by atoms with Crippen LogP contribution in [0.15, 0.2) is 47.4 Å². The van der Waals surface area contributed by atoms with E-state index in [1.54, 1.807) is 36.0 Å². The molecule has 5 nitrogen and oxygen atoms in total. The highest BCUT2D eigenvalue weighted by atomic mass is 32.2. The van der Waals surface area contributed by atoms with E-state index < -0.39 is 11.9 Å². The highest BCUT2D eigenvalue weighted by Crippen LogP contribution is 2.21. The summed E-state index contributed by atoms with van der Waals surface area (Å²) in [5, 5.41) is 2.60. The molecule has 0 spiro atoms. The number of carbonyl (C=O) groups excluding carboxylic acids is 3. The molecule has 0 radical (unpaired) electrons. The first-order chi connectivity index (χ1) is 12.9. The van der Waals surface area contributed by atoms with E-state index >= 15 is 0 Å². The van der Waals surface area contributed by atoms with Gasteiger partial charge < -0.3 is 10.1 Å². The molecule has 27 heavy (non-hydrogen) atoms. The molecule has 1 amide bonds. The Balaban J connectivity index is 1.74. The second-order valence-corrected chi connectivity index (χ2v) is 7.32. The molecule has 6 heteroatoms. The van der Waals surface area contributed by atoms with Crippen LogP contribution in [0.4, 0.5) is 5.69 Å². The fraction of sp³-hybridized carbons (Fsp3) is 0.286. The minimum absolute atomic E-state index is 0.147. The summed E-state index contributed by atoms with van der Waals surface area (Å²) in [5.74, 6) is -0.470. The molecular weight excluding hydrogens is 362 g/mol. The molecule has 0 saturated carbocycles. The van der Waals surface area contributed by atoms with E-state index in [0.717, 1.165) is 4.90 Å². The standard InChI is InChI=1S/C21H23NO4S/c1-14-8-9-17(12-15(14)2)27-11-10-21(25)26-13-20(24)22-19-7-5-4-6-18(19)16(3)23/h4-9,12H,10-11,13H2,1-3H3,(H,22,24). The molecule has 2 rings (SSSR count). The second-order valence-electron chi connectivity index (χ2n) is 6.16. The monoisotopic (exact) mass is 385 g/mol. The third-order valence-corrected chi connectivity index (χ3v) is 4.99. The van der Waals surface area contributed by atoms with Crippen molar-refractivity contribution >= 4 is 35.1 Å². The number of ether oxygens (including phenoxy) is 1. The summed E-state index contributed by atoms with van der Waals surface area (Å²) in [4.78, 5) is 36.4. The van der Waals surface area contributed by atoms with E-state index in [2.05, 4.69) is 31.3 Å². The number of hydrogen-bond acceptors (Lipinski definition) is 5. The molecular formula is C21H23NO4S. The maximum atomic E-state index is 12.0. The first-order valence-electron chi connectivity index (χ1n) is 8.62. The van der Waals surface area contributed by atoms with E-state index in [1.165, 1.54) is 18.1 Å². The van der Waals surface area contributed by atoms with Crippen LogP contribution in [0.1, 0.15) is 34.8 Å². The zero-order chi connectivity index (χ0) is 19.8. The van der Waals surface area contributed by atoms with Crippen molar-refractivity contribution in [2.24, 2.45) is 0 Å². The first kappa shape index (κ1) is 20.7. The van der Waals surface area contributed by atoms with Gasteiger partial charge in [0.25, 0.3) is 5.91 Å². The Labute approximate surface area is 163 Å². The normalized spacial score (nSPS) is 10.3. The lowest BCUT2D eigenvalue weighted by atomic mass is 10.1. The van der Waals surface area contributed by atoms with Crippen LogP contribution < -0.4 is 5.32 Å². The number of Topliss-reactive ketones (excluding diaryl/α,β-unsaturated/α-hetero) is 1. The Morgan fingerprint density at radius 2 is 1.78 bits per heavy atom. The molecule has 0 heterocycles. The fourth-order valence-electron chi connectivity index (χ4n) is 2.36. The van der Waals surface area contributed by atoms with Gasteiger partial charge in [0.05, 0.1) is 12.1 Å². The van der Waals surface area contributed by atoms with Gasteiger partial charge in [0, 0.05) is 16.2 Å². The third kappa shape index (κ3) is 6.57. The molecule has 0 unspecified atom stereocenters. The van der Waals surface area contributed by atoms with Gasteiger partial charge in [-0.3, -0.25) is 14.4 Å². The smallest absolute Gasteiger partial charge is 0.307 e. The lowest BCUT2D eigenvalue weighted by Gasteiger charge is -2.09. The van der Waals surface area contributed by atoms with Crippen LogP contribution in [0, 0.1) is 13.8 Å². The van der Waals surface area contributed by atoms with E-state index in [0.29, 0.717) is 17.0 Å². The minimum atomic E-state index is -0.473. The Morgan fingerprint density at radius 3 is 2.48 bits per heavy atom. The number of ketones is 1. The molecule has 2 aromatic rings. The lowest BCUT2D eigenvalue weighted by molar-refractivity contribution is -0.146. The Morgan fingerprint density at radius 1 is 1.04 bits per heavy atom. The zero-order valence-electron chi connectivity index (χ0n) is 15.7. The molecule has 0 bridgehead atoms. The average molecular weight is 385 g/mol. The van der Waals surface area contributed by atoms with Gasteiger partial charge in [-0.25, -0.2) is 0 Å². The molecule has 0 aliphatic rings. The van der Waals surface area contributed by atoms with Crippen LogP contribution in [0.3, 0.4) is 0 Å². The largest absolute Gasteiger partial charge is 0.456 e. The van der Waals surface area contributed by atoms with Crippen molar-refractivity contribution in [3.63, 3.8) is 0 Å². The molecule has 2 aromatic carbocycles. The van der Waals surface area contributed by atoms with Gasteiger partial charge in [-0.1, -0.05) is 18.2 Å². The van der Waals surface area contributed by atoms with Gasteiger partial charge in [0.2, 0.25) is 0 Å². The number of para-hydroxylation sites is 1. The van der Waals surface area contributed by atoms with Crippen molar-refractivity contribution in [3.8, 4) is 0 Å². The van der Waals surface area contributed by atoms with Gasteiger partial charge >= 0.3 is 5.97 Å². The van der Waals surface area contributed by atoms with Crippen molar-refractivity contribution in [3.05, 3.63) is 59.2 Å². The van der Waals surface area contributed by atoms with Crippen LogP contribution in [0.25, 0.3) is 0 Å². The van der Waals surface area contributed by atoms with E-state index in [4.69, 9.17) is 4.74 Å². The summed E-state index contributed by atoms with van der Waals surface area (Å²) in [6.45, 7) is 5.16. The molecule has 0 saturated heterocycles. The number of carbonyl (C=O) groups is 3. The quantitative estimate of drug-likeness (QED) is 0.419. The number of nitrogens with one attached hydrogen (secondary N) is 1. The van der Waals surface area contributed by atoms with Gasteiger partial charge in [0.1, 0.15) is 0 Å². The SMILES string of the molecule is CC(=O)c1ccccc1NC(=O)COC(=O)CCSc1ccc(C)c(C)c1. The number of benzene rings is 2. The Kier molecular flexibility index (Phi) is 7.61. The summed E-state index contributed by atoms with van der Waals surface area (Å²) in [7, 11) is 0. The molecule has 0 aliphatic heterocycles. The van der Waals surface area contributed by atoms with E-state index in [-0.39, 0.29) is 18.8 Å². The van der Waals surface area contributed by atoms with Crippen LogP contribution in [-0.2, 0) is 14.3 Å². The van der Waals surface area contributed by atoms with Crippen molar-refractivity contribution in [2.45, 2.75) is 32.1 Å². The molecule has 142 valence electrons. The number of amides is 1. The van der Waals surface area contributed by atoms with Crippen molar-refractivity contribution in [1.82, 2.24) is 0 Å². The van der Waals surface area contributed by atoms with Crippen molar-refractivity contribution in [2.75, 3.05) is 17.7 Å². The number of hydrogen-bond donors (Lipinski definition) is 1. The number of thioether (sulfide) groups is 1. The molecule has 0 atom stereocenters. The van der Waals surface area contributed by atoms with Crippen LogP contribution in [0.2, 0.25) is 0 Å². The highest BCUT2D eigenvalue weighted by molar-refractivity contribution is 7.99. The Hall–Kier alpha value is -2.60. The van der Waals surface area contributed by atoms with E-state index in [1.807, 2.05) is 6.07 Å². The van der Waals surface area contributed by atoms with Gasteiger partial charge in [-0.05, 0) is 56.2 Å². The van der Waals surface area contributed by atoms with Gasteiger partial charge in [-0.15, -0.1) is 11.8 Å². The maximum Gasteiger partial charge on any atom is 0.307 e. The highest BCUT2D eigenvalue weighted by Gasteiger charge is 2.12. The predicted octanol–water partition coefficient (Wildman–Crippen LogP) is 4.17. The topological polar surface area (TPSA) is 72.5 Å². The predicted molar refractivity (Wildman–Crippen MR) is 107 cm³/mol. The van der Waals surface area contributed by atoms with Gasteiger partial charge in [0.15, 0.2) is 12.4 Å². The number of esters is 1. The summed E-state index contributed by atoms with van der Waals surface area (Å²) < 4.78 is 5.01. The van der Waals surface area contributed by atoms with Crippen LogP contribution >= 0.6 is 11.8 Å². The van der Waals surface area contributed by atoms with E-state index in [9.17, 15) is 14.4 Å². The third-order valence-electron chi connectivity index (χ3n) is 4.00. The second kappa shape index (κ2) is 9.92. The minimum Gasteiger partial charge on any atom is -0.456 e. The number of anilines is 1. The van der Waals surface area contributed by atoms with Crippen molar-refractivity contribution in [1.29, 1.82) is 0 Å². The van der Waals surface area contributed by atoms with Crippen LogP contribution in [0.5, 0.6) is 0 Å². The number of rotatable bonds is 8. The van der Waals surface area contributed by atoms with Gasteiger partial charge in [-0.2, -0.15) is 0 Å². The molecule has 0 aliphatic carbocycles. The lowest BCUT2D eigenvalue weighted by Crippen LogP contribution is -2.22. The fourth-order valence-corrected chi connectivity index (χ4v) is 3.29. The maximum absolute atomic E-state index is 12.0.